The standard InChI is InChI=1S/C17H23N5O4S/c1-26-14(23)12-10-11(27(2,24)25)6-7-13(12)22-16(19)20-15(18)21-17(22)8-4-3-5-9-17/h6-7,10H,3-5,8-9H2,1-2H3,(H4,18,19,20,21). The molecule has 1 aromatic rings. The highest BCUT2D eigenvalue weighted by Crippen LogP contribution is 2.41. The number of aliphatic imine (C=N–C) groups is 2. The number of hydrogen-bond acceptors (Lipinski definition) is 9. The fraction of sp³-hybridized carbons (Fsp3) is 0.471. The molecule has 146 valence electrons. The van der Waals surface area contributed by atoms with Crippen molar-refractivity contribution in [2.45, 2.75) is 42.7 Å². The lowest BCUT2D eigenvalue weighted by molar-refractivity contribution is 0.0601. The van der Waals surface area contributed by atoms with E-state index in [-0.39, 0.29) is 22.4 Å². The second-order valence-electron chi connectivity index (χ2n) is 6.76. The van der Waals surface area contributed by atoms with E-state index in [0.717, 1.165) is 25.5 Å². The Morgan fingerprint density at radius 2 is 1.89 bits per heavy atom. The number of rotatable bonds is 3. The van der Waals surface area contributed by atoms with Crippen LogP contribution in [-0.2, 0) is 14.6 Å². The Hall–Kier alpha value is -2.62. The molecule has 0 aromatic heterocycles. The average molecular weight is 393 g/mol. The molecule has 1 aliphatic heterocycles. The van der Waals surface area contributed by atoms with E-state index in [1.54, 1.807) is 11.0 Å². The van der Waals surface area contributed by atoms with E-state index in [9.17, 15) is 13.2 Å². The minimum Gasteiger partial charge on any atom is -0.465 e. The van der Waals surface area contributed by atoms with Crippen molar-refractivity contribution in [1.82, 2.24) is 0 Å². The van der Waals surface area contributed by atoms with Gasteiger partial charge in [0.15, 0.2) is 9.84 Å². The SMILES string of the molecule is COC(=O)c1cc(S(C)(=O)=O)ccc1N1C(N)=NC(N)=NC12CCCCC2. The van der Waals surface area contributed by atoms with Crippen molar-refractivity contribution in [2.24, 2.45) is 21.5 Å². The number of nitrogens with two attached hydrogens (primary N) is 2. The van der Waals surface area contributed by atoms with Crippen molar-refractivity contribution in [3.63, 3.8) is 0 Å². The molecule has 0 unspecified atom stereocenters. The molecule has 1 saturated carbocycles. The number of carbonyl (C=O) groups is 1. The number of guanidine groups is 2. The monoisotopic (exact) mass is 393 g/mol. The number of methoxy groups -OCH3 is 1. The Kier molecular flexibility index (Phi) is 4.85. The third-order valence-corrected chi connectivity index (χ3v) is 6.00. The molecule has 1 fully saturated rings. The first-order valence-electron chi connectivity index (χ1n) is 8.60. The van der Waals surface area contributed by atoms with Crippen molar-refractivity contribution < 1.29 is 17.9 Å². The number of hydrogen-bond donors (Lipinski definition) is 2. The van der Waals surface area contributed by atoms with Gasteiger partial charge in [-0.15, -0.1) is 0 Å². The normalized spacial score (nSPS) is 19.4. The third-order valence-electron chi connectivity index (χ3n) is 4.89. The predicted molar refractivity (Wildman–Crippen MR) is 102 cm³/mol. The molecule has 1 aromatic carbocycles. The summed E-state index contributed by atoms with van der Waals surface area (Å²) in [6, 6.07) is 4.27. The topological polar surface area (TPSA) is 140 Å². The van der Waals surface area contributed by atoms with E-state index in [4.69, 9.17) is 16.2 Å². The van der Waals surface area contributed by atoms with Crippen molar-refractivity contribution in [1.29, 1.82) is 0 Å². The molecule has 4 N–H and O–H groups in total. The summed E-state index contributed by atoms with van der Waals surface area (Å²) >= 11 is 0. The van der Waals surface area contributed by atoms with Gasteiger partial charge in [0.05, 0.1) is 23.3 Å². The van der Waals surface area contributed by atoms with Crippen LogP contribution in [0.4, 0.5) is 5.69 Å². The van der Waals surface area contributed by atoms with Crippen molar-refractivity contribution in [3.8, 4) is 0 Å². The van der Waals surface area contributed by atoms with Crippen LogP contribution < -0.4 is 16.4 Å². The van der Waals surface area contributed by atoms with Gasteiger partial charge in [0.2, 0.25) is 11.9 Å². The van der Waals surface area contributed by atoms with Gasteiger partial charge in [-0.2, -0.15) is 4.99 Å². The maximum absolute atomic E-state index is 12.4. The zero-order chi connectivity index (χ0) is 19.8. The summed E-state index contributed by atoms with van der Waals surface area (Å²) < 4.78 is 28.7. The minimum absolute atomic E-state index is 0.0138. The smallest absolute Gasteiger partial charge is 0.340 e. The molecule has 27 heavy (non-hydrogen) atoms. The zero-order valence-corrected chi connectivity index (χ0v) is 16.1. The first-order chi connectivity index (χ1) is 12.7. The highest BCUT2D eigenvalue weighted by Gasteiger charge is 2.44. The zero-order valence-electron chi connectivity index (χ0n) is 15.3. The highest BCUT2D eigenvalue weighted by atomic mass is 32.2. The van der Waals surface area contributed by atoms with Crippen LogP contribution in [0.3, 0.4) is 0 Å². The lowest BCUT2D eigenvalue weighted by Crippen LogP contribution is -2.58. The minimum atomic E-state index is -3.51. The first kappa shape index (κ1) is 19.2. The number of sulfone groups is 1. The number of anilines is 1. The van der Waals surface area contributed by atoms with Crippen molar-refractivity contribution in [3.05, 3.63) is 23.8 Å². The summed E-state index contributed by atoms with van der Waals surface area (Å²) in [6.45, 7) is 0. The molecule has 1 spiro atoms. The molecule has 0 amide bonds. The maximum atomic E-state index is 12.4. The van der Waals surface area contributed by atoms with Gasteiger partial charge in [-0.25, -0.2) is 18.2 Å². The van der Waals surface area contributed by atoms with E-state index in [0.29, 0.717) is 18.5 Å². The summed E-state index contributed by atoms with van der Waals surface area (Å²) in [5, 5.41) is 0. The largest absolute Gasteiger partial charge is 0.465 e. The van der Waals surface area contributed by atoms with E-state index in [1.165, 1.54) is 19.2 Å². The van der Waals surface area contributed by atoms with Gasteiger partial charge in [0.1, 0.15) is 5.66 Å². The molecular formula is C17H23N5O4S. The molecule has 0 atom stereocenters. The Morgan fingerprint density at radius 3 is 2.48 bits per heavy atom. The van der Waals surface area contributed by atoms with Crippen LogP contribution in [-0.4, -0.2) is 45.3 Å². The van der Waals surface area contributed by atoms with Gasteiger partial charge in [-0.1, -0.05) is 6.42 Å². The number of nitrogens with zero attached hydrogens (tertiary/aromatic N) is 3. The van der Waals surface area contributed by atoms with E-state index >= 15 is 0 Å². The summed E-state index contributed by atoms with van der Waals surface area (Å²) in [7, 11) is -2.27. The second-order valence-corrected chi connectivity index (χ2v) is 8.78. The lowest BCUT2D eigenvalue weighted by Gasteiger charge is -2.46. The molecule has 3 rings (SSSR count). The Balaban J connectivity index is 2.21. The summed E-state index contributed by atoms with van der Waals surface area (Å²) in [4.78, 5) is 22.7. The van der Waals surface area contributed by atoms with Gasteiger partial charge < -0.3 is 16.2 Å². The molecule has 9 nitrogen and oxygen atoms in total. The molecular weight excluding hydrogens is 370 g/mol. The van der Waals surface area contributed by atoms with Gasteiger partial charge in [0.25, 0.3) is 0 Å². The number of carbonyl (C=O) groups excluding carboxylic acids is 1. The summed E-state index contributed by atoms with van der Waals surface area (Å²) in [5.41, 5.74) is 11.8. The highest BCUT2D eigenvalue weighted by molar-refractivity contribution is 7.90. The molecule has 0 radical (unpaired) electrons. The first-order valence-corrected chi connectivity index (χ1v) is 10.5. The predicted octanol–water partition coefficient (Wildman–Crippen LogP) is 0.987. The molecule has 0 saturated heterocycles. The van der Waals surface area contributed by atoms with Crippen LogP contribution in [0.5, 0.6) is 0 Å². The number of benzene rings is 1. The fourth-order valence-electron chi connectivity index (χ4n) is 3.68. The molecule has 10 heteroatoms. The second kappa shape index (κ2) is 6.84. The van der Waals surface area contributed by atoms with Crippen molar-refractivity contribution in [2.75, 3.05) is 18.3 Å². The number of ether oxygens (including phenoxy) is 1. The van der Waals surface area contributed by atoms with E-state index in [1.807, 2.05) is 0 Å². The van der Waals surface area contributed by atoms with Gasteiger partial charge in [0, 0.05) is 6.26 Å². The van der Waals surface area contributed by atoms with Crippen molar-refractivity contribution >= 4 is 33.4 Å². The van der Waals surface area contributed by atoms with Crippen LogP contribution in [0.1, 0.15) is 42.5 Å². The summed E-state index contributed by atoms with van der Waals surface area (Å²) in [6.07, 6.45) is 5.38. The lowest BCUT2D eigenvalue weighted by atomic mass is 9.87. The van der Waals surface area contributed by atoms with Crippen LogP contribution in [0.2, 0.25) is 0 Å². The van der Waals surface area contributed by atoms with Crippen LogP contribution in [0.15, 0.2) is 33.1 Å². The Labute approximate surface area is 158 Å². The van der Waals surface area contributed by atoms with Gasteiger partial charge in [-0.3, -0.25) is 4.90 Å². The van der Waals surface area contributed by atoms with Crippen LogP contribution in [0, 0.1) is 0 Å². The molecule has 1 aliphatic carbocycles. The average Bonchev–Trinajstić information content (AvgIpc) is 2.60. The maximum Gasteiger partial charge on any atom is 0.340 e. The summed E-state index contributed by atoms with van der Waals surface area (Å²) in [5.74, 6) is -0.462. The third kappa shape index (κ3) is 3.48. The van der Waals surface area contributed by atoms with Gasteiger partial charge >= 0.3 is 5.97 Å². The molecule has 0 bridgehead atoms. The van der Waals surface area contributed by atoms with Gasteiger partial charge in [-0.05, 0) is 43.9 Å². The quantitative estimate of drug-likeness (QED) is 0.729. The fourth-order valence-corrected chi connectivity index (χ4v) is 4.33. The van der Waals surface area contributed by atoms with Crippen LogP contribution >= 0.6 is 0 Å². The van der Waals surface area contributed by atoms with E-state index in [2.05, 4.69) is 9.98 Å². The number of esters is 1. The van der Waals surface area contributed by atoms with Crippen LogP contribution in [0.25, 0.3) is 0 Å². The Morgan fingerprint density at radius 1 is 1.22 bits per heavy atom. The van der Waals surface area contributed by atoms with E-state index < -0.39 is 21.5 Å². The molecule has 2 aliphatic rings. The Bertz CT molecular complexity index is 933. The molecule has 1 heterocycles.